The molecule has 0 aliphatic heterocycles. The van der Waals surface area contributed by atoms with E-state index in [1.54, 1.807) is 0 Å². The summed E-state index contributed by atoms with van der Waals surface area (Å²) in [6.07, 6.45) is 3.28. The number of allylic oxidation sites excluding steroid dienone is 1. The van der Waals surface area contributed by atoms with E-state index in [9.17, 15) is 0 Å². The maximum atomic E-state index is 3.67. The zero-order valence-corrected chi connectivity index (χ0v) is 27.4. The summed E-state index contributed by atoms with van der Waals surface area (Å²) < 4.78 is 1.09. The third-order valence-electron chi connectivity index (χ3n) is 10.1. The van der Waals surface area contributed by atoms with E-state index in [-0.39, 0.29) is 0 Å². The van der Waals surface area contributed by atoms with Crippen LogP contribution in [0.1, 0.15) is 38.9 Å². The summed E-state index contributed by atoms with van der Waals surface area (Å²) >= 11 is 3.67. The van der Waals surface area contributed by atoms with Gasteiger partial charge in [-0.15, -0.1) is 0 Å². The first-order valence-corrected chi connectivity index (χ1v) is 17.0. The Hall–Kier alpha value is -5.24. The standard InChI is InChI=1S/C46H31Br/c47-39-18-11-13-31(28-39)32-22-23-35-27-36(26-34-12-7-8-19-40(34)43(35)29-32)33-24-25-42-41-20-9-10-21-44(41)46(45(42)30-33,37-14-3-1-4-15-37)38-16-5-2-6-17-38/h1-26,28-30H,27H2. The number of halogens is 1. The normalized spacial score (nSPS) is 13.9. The summed E-state index contributed by atoms with van der Waals surface area (Å²) in [5, 5.41) is 0. The van der Waals surface area contributed by atoms with Crippen LogP contribution in [0.4, 0.5) is 0 Å². The van der Waals surface area contributed by atoms with Crippen molar-refractivity contribution in [2.45, 2.75) is 11.8 Å². The lowest BCUT2D eigenvalue weighted by Crippen LogP contribution is -2.28. The van der Waals surface area contributed by atoms with Crippen LogP contribution in [0.25, 0.3) is 45.0 Å². The fourth-order valence-electron chi connectivity index (χ4n) is 7.97. The molecule has 0 radical (unpaired) electrons. The number of hydrogen-bond donors (Lipinski definition) is 0. The third kappa shape index (κ3) is 4.49. The molecular weight excluding hydrogens is 632 g/mol. The van der Waals surface area contributed by atoms with Crippen LogP contribution in [0.3, 0.4) is 0 Å². The maximum Gasteiger partial charge on any atom is 0.0713 e. The smallest absolute Gasteiger partial charge is 0.0622 e. The summed E-state index contributed by atoms with van der Waals surface area (Å²) in [5.74, 6) is 0. The summed E-state index contributed by atoms with van der Waals surface area (Å²) in [6.45, 7) is 0. The number of rotatable bonds is 4. The van der Waals surface area contributed by atoms with Gasteiger partial charge in [-0.2, -0.15) is 0 Å². The minimum atomic E-state index is -0.412. The van der Waals surface area contributed by atoms with Crippen LogP contribution in [-0.4, -0.2) is 0 Å². The molecule has 0 spiro atoms. The van der Waals surface area contributed by atoms with Gasteiger partial charge < -0.3 is 0 Å². The molecule has 9 rings (SSSR count). The molecule has 47 heavy (non-hydrogen) atoms. The Morgan fingerprint density at radius 3 is 1.83 bits per heavy atom. The van der Waals surface area contributed by atoms with Crippen molar-refractivity contribution >= 4 is 27.6 Å². The van der Waals surface area contributed by atoms with Gasteiger partial charge in [0.25, 0.3) is 0 Å². The third-order valence-corrected chi connectivity index (χ3v) is 10.6. The largest absolute Gasteiger partial charge is 0.0713 e. The molecule has 0 unspecified atom stereocenters. The molecule has 0 amide bonds. The van der Waals surface area contributed by atoms with Crippen molar-refractivity contribution in [1.29, 1.82) is 0 Å². The first-order chi connectivity index (χ1) is 23.2. The molecule has 0 saturated heterocycles. The van der Waals surface area contributed by atoms with Gasteiger partial charge in [0.1, 0.15) is 0 Å². The highest BCUT2D eigenvalue weighted by atomic mass is 79.9. The molecule has 222 valence electrons. The fourth-order valence-corrected chi connectivity index (χ4v) is 8.37. The van der Waals surface area contributed by atoms with Gasteiger partial charge in [0.15, 0.2) is 0 Å². The summed E-state index contributed by atoms with van der Waals surface area (Å²) in [7, 11) is 0. The lowest BCUT2D eigenvalue weighted by Gasteiger charge is -2.34. The van der Waals surface area contributed by atoms with Gasteiger partial charge in [0.05, 0.1) is 5.41 Å². The van der Waals surface area contributed by atoms with Crippen LogP contribution < -0.4 is 0 Å². The Labute approximate surface area is 284 Å². The first-order valence-electron chi connectivity index (χ1n) is 16.2. The van der Waals surface area contributed by atoms with Crippen molar-refractivity contribution in [2.24, 2.45) is 0 Å². The average Bonchev–Trinajstić information content (AvgIpc) is 3.32. The highest BCUT2D eigenvalue weighted by Gasteiger charge is 2.46. The van der Waals surface area contributed by atoms with Crippen molar-refractivity contribution in [3.63, 3.8) is 0 Å². The predicted octanol–water partition coefficient (Wildman–Crippen LogP) is 12.2. The van der Waals surface area contributed by atoms with Crippen molar-refractivity contribution < 1.29 is 0 Å². The molecule has 0 heterocycles. The molecule has 0 N–H and O–H groups in total. The maximum absolute atomic E-state index is 3.67. The van der Waals surface area contributed by atoms with Crippen LogP contribution in [0, 0.1) is 0 Å². The van der Waals surface area contributed by atoms with Gasteiger partial charge in [0.2, 0.25) is 0 Å². The Morgan fingerprint density at radius 1 is 0.426 bits per heavy atom. The molecule has 7 aromatic rings. The molecule has 1 heteroatoms. The molecule has 0 bridgehead atoms. The van der Waals surface area contributed by atoms with Crippen LogP contribution in [0.2, 0.25) is 0 Å². The van der Waals surface area contributed by atoms with Crippen LogP contribution in [0.15, 0.2) is 174 Å². The van der Waals surface area contributed by atoms with Gasteiger partial charge in [-0.3, -0.25) is 0 Å². The summed E-state index contributed by atoms with van der Waals surface area (Å²) in [4.78, 5) is 0. The van der Waals surface area contributed by atoms with E-state index in [4.69, 9.17) is 0 Å². The molecule has 0 atom stereocenters. The number of fused-ring (bicyclic) bond motifs is 6. The Kier molecular flexibility index (Phi) is 6.69. The Bertz CT molecular complexity index is 2290. The van der Waals surface area contributed by atoms with Crippen molar-refractivity contribution in [3.8, 4) is 33.4 Å². The minimum absolute atomic E-state index is 0.412. The van der Waals surface area contributed by atoms with E-state index in [0.29, 0.717) is 0 Å². The highest BCUT2D eigenvalue weighted by molar-refractivity contribution is 9.10. The summed E-state index contributed by atoms with van der Waals surface area (Å²) in [5.41, 5.74) is 17.7. The molecule has 0 fully saturated rings. The average molecular weight is 664 g/mol. The second-order valence-corrected chi connectivity index (χ2v) is 13.5. The van der Waals surface area contributed by atoms with Crippen LogP contribution >= 0.6 is 15.9 Å². The second-order valence-electron chi connectivity index (χ2n) is 12.6. The van der Waals surface area contributed by atoms with Gasteiger partial charge in [-0.25, -0.2) is 0 Å². The lowest BCUT2D eigenvalue weighted by atomic mass is 9.67. The van der Waals surface area contributed by atoms with Crippen LogP contribution in [0.5, 0.6) is 0 Å². The van der Waals surface area contributed by atoms with E-state index >= 15 is 0 Å². The van der Waals surface area contributed by atoms with E-state index in [1.165, 1.54) is 77.9 Å². The van der Waals surface area contributed by atoms with E-state index in [2.05, 4.69) is 192 Å². The zero-order valence-electron chi connectivity index (χ0n) is 25.8. The molecule has 2 aliphatic rings. The molecule has 2 aliphatic carbocycles. The monoisotopic (exact) mass is 662 g/mol. The summed E-state index contributed by atoms with van der Waals surface area (Å²) in [6, 6.07) is 62.7. The van der Waals surface area contributed by atoms with Crippen molar-refractivity contribution in [2.75, 3.05) is 0 Å². The van der Waals surface area contributed by atoms with E-state index in [0.717, 1.165) is 10.9 Å². The van der Waals surface area contributed by atoms with E-state index < -0.39 is 5.41 Å². The first kappa shape index (κ1) is 28.0. The van der Waals surface area contributed by atoms with Gasteiger partial charge in [0, 0.05) is 4.47 Å². The van der Waals surface area contributed by atoms with Crippen LogP contribution in [-0.2, 0) is 11.8 Å². The van der Waals surface area contributed by atoms with Crippen molar-refractivity contribution in [3.05, 3.63) is 213 Å². The Balaban J connectivity index is 1.25. The SMILES string of the molecule is Brc1cccc(-c2ccc3c(c2)-c2ccccc2C=C(c2ccc4c(c2)C(c2ccccc2)(c2ccccc2)c2ccccc2-4)C3)c1. The molecule has 7 aromatic carbocycles. The fraction of sp³-hybridized carbons (Fsp3) is 0.0435. The quantitative estimate of drug-likeness (QED) is 0.176. The topological polar surface area (TPSA) is 0 Å². The van der Waals surface area contributed by atoms with Crippen molar-refractivity contribution in [1.82, 2.24) is 0 Å². The lowest BCUT2D eigenvalue weighted by molar-refractivity contribution is 0.768. The molecule has 0 saturated carbocycles. The molecular formula is C46H31Br. The van der Waals surface area contributed by atoms with Gasteiger partial charge >= 0.3 is 0 Å². The van der Waals surface area contributed by atoms with E-state index in [1.807, 2.05) is 0 Å². The number of hydrogen-bond acceptors (Lipinski definition) is 0. The Morgan fingerprint density at radius 2 is 1.06 bits per heavy atom. The highest BCUT2D eigenvalue weighted by Crippen LogP contribution is 2.56. The predicted molar refractivity (Wildman–Crippen MR) is 200 cm³/mol. The van der Waals surface area contributed by atoms with Gasteiger partial charge in [-0.1, -0.05) is 168 Å². The zero-order chi connectivity index (χ0) is 31.4. The molecule has 0 aromatic heterocycles. The van der Waals surface area contributed by atoms with Gasteiger partial charge in [-0.05, 0) is 109 Å². The minimum Gasteiger partial charge on any atom is -0.0622 e. The number of benzene rings is 7. The second kappa shape index (κ2) is 11.2. The molecule has 0 nitrogen and oxygen atoms in total.